The molecule has 0 nitrogen and oxygen atoms in total. The molecule has 0 bridgehead atoms. The normalized spacial score (nSPS) is 19.0. The zero-order valence-electron chi connectivity index (χ0n) is 15.1. The largest absolute Gasteiger partial charge is 0.125 e. The second kappa shape index (κ2) is 7.25. The smallest absolute Gasteiger partial charge is 0.0471 e. The van der Waals surface area contributed by atoms with Crippen molar-refractivity contribution in [2.45, 2.75) is 37.5 Å². The Morgan fingerprint density at radius 1 is 1.04 bits per heavy atom. The molecule has 0 fully saturated rings. The van der Waals surface area contributed by atoms with E-state index in [0.717, 1.165) is 19.3 Å². The van der Waals surface area contributed by atoms with Gasteiger partial charge in [-0.1, -0.05) is 79.3 Å². The molecule has 0 spiro atoms. The van der Waals surface area contributed by atoms with E-state index in [4.69, 9.17) is 23.2 Å². The Hall–Kier alpha value is -1.50. The summed E-state index contributed by atoms with van der Waals surface area (Å²) in [6, 6.07) is 17.8. The lowest BCUT2D eigenvalue weighted by Gasteiger charge is -2.39. The van der Waals surface area contributed by atoms with E-state index in [2.05, 4.69) is 73.7 Å². The van der Waals surface area contributed by atoms with Crippen LogP contribution in [0.5, 0.6) is 0 Å². The van der Waals surface area contributed by atoms with E-state index < -0.39 is 0 Å². The zero-order valence-corrected chi connectivity index (χ0v) is 16.6. The van der Waals surface area contributed by atoms with E-state index in [9.17, 15) is 0 Å². The highest BCUT2D eigenvalue weighted by Crippen LogP contribution is 2.58. The third kappa shape index (κ3) is 2.94. The first-order valence-corrected chi connectivity index (χ1v) is 10.4. The molecule has 2 atom stereocenters. The molecule has 4 rings (SSSR count). The minimum absolute atomic E-state index is 0.0258. The van der Waals surface area contributed by atoms with Crippen molar-refractivity contribution in [1.29, 1.82) is 0 Å². The fourth-order valence-corrected chi connectivity index (χ4v) is 5.00. The molecule has 0 saturated heterocycles. The van der Waals surface area contributed by atoms with E-state index in [1.807, 2.05) is 0 Å². The fourth-order valence-electron chi connectivity index (χ4n) is 4.74. The van der Waals surface area contributed by atoms with Gasteiger partial charge in [0.05, 0.1) is 0 Å². The Balaban J connectivity index is 1.83. The Kier molecular flexibility index (Phi) is 4.99. The van der Waals surface area contributed by atoms with Gasteiger partial charge in [0.2, 0.25) is 0 Å². The second-order valence-electron chi connectivity index (χ2n) is 7.64. The number of rotatable bonds is 6. The fraction of sp³-hybridized carbons (Fsp3) is 0.333. The van der Waals surface area contributed by atoms with Gasteiger partial charge in [-0.05, 0) is 41.5 Å². The average molecular weight is 383 g/mol. The summed E-state index contributed by atoms with van der Waals surface area (Å²) in [5.41, 5.74) is 7.19. The van der Waals surface area contributed by atoms with Gasteiger partial charge in [0.25, 0.3) is 0 Å². The molecular formula is C24H24Cl2. The SMILES string of the molecule is CC(CCC(Cl)CCl)(C1=CC=CC1)C1c2ccccc2-c2ccccc21. The summed E-state index contributed by atoms with van der Waals surface area (Å²) in [5, 5.41) is 0.0258. The monoisotopic (exact) mass is 382 g/mol. The molecule has 2 aromatic carbocycles. The summed E-state index contributed by atoms with van der Waals surface area (Å²) in [6.45, 7) is 2.42. The molecule has 2 aliphatic carbocycles. The highest BCUT2D eigenvalue weighted by Gasteiger charge is 2.44. The average Bonchev–Trinajstić information content (AvgIpc) is 3.33. The van der Waals surface area contributed by atoms with Crippen molar-refractivity contribution in [3.05, 3.63) is 83.5 Å². The van der Waals surface area contributed by atoms with Crippen molar-refractivity contribution in [2.75, 3.05) is 5.88 Å². The standard InChI is InChI=1S/C24H24Cl2/c1-24(15-14-18(26)16-25,17-8-2-3-9-17)23-21-12-6-4-10-19(21)20-11-5-7-13-22(20)23/h2-8,10-13,18,23H,9,14-16H2,1H3. The second-order valence-corrected chi connectivity index (χ2v) is 8.57. The number of hydrogen-bond acceptors (Lipinski definition) is 0. The number of alkyl halides is 2. The van der Waals surface area contributed by atoms with Gasteiger partial charge in [0.15, 0.2) is 0 Å². The van der Waals surface area contributed by atoms with Crippen LogP contribution in [0.2, 0.25) is 0 Å². The first-order valence-electron chi connectivity index (χ1n) is 9.39. The van der Waals surface area contributed by atoms with Gasteiger partial charge in [0, 0.05) is 22.6 Å². The molecule has 2 unspecified atom stereocenters. The molecule has 0 amide bonds. The quantitative estimate of drug-likeness (QED) is 0.459. The molecule has 2 heteroatoms. The first kappa shape index (κ1) is 17.9. The lowest BCUT2D eigenvalue weighted by molar-refractivity contribution is 0.310. The van der Waals surface area contributed by atoms with Crippen molar-refractivity contribution in [3.63, 3.8) is 0 Å². The molecule has 2 aromatic rings. The molecule has 2 aliphatic rings. The minimum Gasteiger partial charge on any atom is -0.125 e. The topological polar surface area (TPSA) is 0 Å². The van der Waals surface area contributed by atoms with Crippen LogP contribution >= 0.6 is 23.2 Å². The number of fused-ring (bicyclic) bond motifs is 3. The maximum absolute atomic E-state index is 6.42. The maximum Gasteiger partial charge on any atom is 0.0471 e. The minimum atomic E-state index is 0.0258. The van der Waals surface area contributed by atoms with Crippen molar-refractivity contribution in [3.8, 4) is 11.1 Å². The molecule has 26 heavy (non-hydrogen) atoms. The molecule has 0 saturated carbocycles. The van der Waals surface area contributed by atoms with Crippen molar-refractivity contribution < 1.29 is 0 Å². The van der Waals surface area contributed by atoms with Gasteiger partial charge in [-0.2, -0.15) is 0 Å². The molecular weight excluding hydrogens is 359 g/mol. The summed E-state index contributed by atoms with van der Waals surface area (Å²) in [4.78, 5) is 0. The number of allylic oxidation sites excluding steroid dienone is 4. The number of benzene rings is 2. The van der Waals surface area contributed by atoms with Gasteiger partial charge in [-0.15, -0.1) is 23.2 Å². The number of halogens is 2. The van der Waals surface area contributed by atoms with Gasteiger partial charge >= 0.3 is 0 Å². The summed E-state index contributed by atoms with van der Waals surface area (Å²) < 4.78 is 0. The van der Waals surface area contributed by atoms with Crippen LogP contribution < -0.4 is 0 Å². The summed E-state index contributed by atoms with van der Waals surface area (Å²) in [5.74, 6) is 0.868. The van der Waals surface area contributed by atoms with E-state index in [0.29, 0.717) is 11.8 Å². The van der Waals surface area contributed by atoms with Gasteiger partial charge < -0.3 is 0 Å². The molecule has 0 N–H and O–H groups in total. The number of hydrogen-bond donors (Lipinski definition) is 0. The maximum atomic E-state index is 6.42. The Morgan fingerprint density at radius 2 is 1.65 bits per heavy atom. The van der Waals surface area contributed by atoms with Crippen LogP contribution in [0.3, 0.4) is 0 Å². The Morgan fingerprint density at radius 3 is 2.19 bits per heavy atom. The van der Waals surface area contributed by atoms with Crippen LogP contribution in [0.25, 0.3) is 11.1 Å². The van der Waals surface area contributed by atoms with Gasteiger partial charge in [-0.25, -0.2) is 0 Å². The molecule has 0 heterocycles. The summed E-state index contributed by atoms with van der Waals surface area (Å²) >= 11 is 12.4. The Labute approximate surface area is 166 Å². The highest BCUT2D eigenvalue weighted by molar-refractivity contribution is 6.28. The summed E-state index contributed by atoms with van der Waals surface area (Å²) in [7, 11) is 0. The lowest BCUT2D eigenvalue weighted by atomic mass is 9.64. The lowest BCUT2D eigenvalue weighted by Crippen LogP contribution is -2.28. The first-order chi connectivity index (χ1) is 12.6. The highest BCUT2D eigenvalue weighted by atomic mass is 35.5. The van der Waals surface area contributed by atoms with Crippen molar-refractivity contribution >= 4 is 23.2 Å². The van der Waals surface area contributed by atoms with Crippen LogP contribution in [0.15, 0.2) is 72.3 Å². The van der Waals surface area contributed by atoms with Crippen LogP contribution in [0, 0.1) is 5.41 Å². The van der Waals surface area contributed by atoms with E-state index >= 15 is 0 Å². The third-order valence-corrected chi connectivity index (χ3v) is 7.02. The molecule has 0 aromatic heterocycles. The van der Waals surface area contributed by atoms with E-state index in [-0.39, 0.29) is 10.8 Å². The summed E-state index contributed by atoms with van der Waals surface area (Å²) in [6.07, 6.45) is 9.77. The predicted molar refractivity (Wildman–Crippen MR) is 113 cm³/mol. The van der Waals surface area contributed by atoms with Crippen molar-refractivity contribution in [2.24, 2.45) is 5.41 Å². The van der Waals surface area contributed by atoms with Crippen LogP contribution in [-0.4, -0.2) is 11.3 Å². The van der Waals surface area contributed by atoms with Crippen molar-refractivity contribution in [1.82, 2.24) is 0 Å². The molecule has 0 radical (unpaired) electrons. The van der Waals surface area contributed by atoms with E-state index in [1.54, 1.807) is 0 Å². The predicted octanol–water partition coefficient (Wildman–Crippen LogP) is 7.32. The molecule has 0 aliphatic heterocycles. The third-order valence-electron chi connectivity index (χ3n) is 6.12. The van der Waals surface area contributed by atoms with Gasteiger partial charge in [0.1, 0.15) is 0 Å². The zero-order chi connectivity index (χ0) is 18.1. The van der Waals surface area contributed by atoms with E-state index in [1.165, 1.54) is 27.8 Å². The van der Waals surface area contributed by atoms with Crippen LogP contribution in [0.1, 0.15) is 43.2 Å². The van der Waals surface area contributed by atoms with Gasteiger partial charge in [-0.3, -0.25) is 0 Å². The van der Waals surface area contributed by atoms with Crippen LogP contribution in [-0.2, 0) is 0 Å². The Bertz CT molecular complexity index is 819. The molecule has 134 valence electrons. The van der Waals surface area contributed by atoms with Crippen LogP contribution in [0.4, 0.5) is 0 Å².